The zero-order chi connectivity index (χ0) is 20.0. The van der Waals surface area contributed by atoms with E-state index >= 15 is 0 Å². The molecule has 2 N–H and O–H groups in total. The van der Waals surface area contributed by atoms with Crippen molar-refractivity contribution in [2.45, 2.75) is 32.2 Å². The first-order valence-corrected chi connectivity index (χ1v) is 9.13. The Bertz CT molecular complexity index is 690. The van der Waals surface area contributed by atoms with Crippen molar-refractivity contribution in [2.75, 3.05) is 38.5 Å². The van der Waals surface area contributed by atoms with Crippen LogP contribution in [0.25, 0.3) is 0 Å². The molecule has 2 atom stereocenters. The molecular formula is C19H27FN4O3. The van der Waals surface area contributed by atoms with E-state index < -0.39 is 17.8 Å². The lowest BCUT2D eigenvalue weighted by molar-refractivity contribution is -0.138. The van der Waals surface area contributed by atoms with E-state index in [4.69, 9.17) is 0 Å². The maximum Gasteiger partial charge on any atom is 0.245 e. The highest BCUT2D eigenvalue weighted by molar-refractivity contribution is 5.88. The number of carbonyl (C=O) groups is 3. The highest BCUT2D eigenvalue weighted by atomic mass is 19.1. The molecule has 27 heavy (non-hydrogen) atoms. The average Bonchev–Trinajstić information content (AvgIpc) is 2.67. The number of hydrogen-bond acceptors (Lipinski definition) is 4. The van der Waals surface area contributed by atoms with E-state index in [0.29, 0.717) is 25.1 Å². The molecule has 0 radical (unpaired) electrons. The van der Waals surface area contributed by atoms with Crippen molar-refractivity contribution in [1.82, 2.24) is 15.1 Å². The minimum Gasteiger partial charge on any atom is -0.344 e. The number of rotatable bonds is 7. The zero-order valence-electron chi connectivity index (χ0n) is 16.0. The van der Waals surface area contributed by atoms with Crippen LogP contribution in [0.4, 0.5) is 10.1 Å². The van der Waals surface area contributed by atoms with Crippen LogP contribution in [0.15, 0.2) is 18.2 Å². The van der Waals surface area contributed by atoms with Crippen LogP contribution in [-0.2, 0) is 14.4 Å². The van der Waals surface area contributed by atoms with Crippen molar-refractivity contribution >= 4 is 23.9 Å². The number of amides is 3. The summed E-state index contributed by atoms with van der Waals surface area (Å²) in [6.45, 7) is 6.24. The van der Waals surface area contributed by atoms with Gasteiger partial charge < -0.3 is 20.4 Å². The minimum atomic E-state index is -0.773. The second kappa shape index (κ2) is 9.45. The first kappa shape index (κ1) is 20.8. The molecule has 148 valence electrons. The summed E-state index contributed by atoms with van der Waals surface area (Å²) in [5.74, 6) is -1.39. The zero-order valence-corrected chi connectivity index (χ0v) is 16.0. The fraction of sp³-hybridized carbons (Fsp3) is 0.526. The first-order chi connectivity index (χ1) is 12.9. The molecule has 1 aliphatic rings. The lowest BCUT2D eigenvalue weighted by Crippen LogP contribution is -2.55. The molecular weight excluding hydrogens is 351 g/mol. The molecule has 0 spiro atoms. The van der Waals surface area contributed by atoms with E-state index in [-0.39, 0.29) is 23.9 Å². The molecule has 1 heterocycles. The van der Waals surface area contributed by atoms with Gasteiger partial charge in [0.25, 0.3) is 0 Å². The number of likely N-dealkylation sites (N-methyl/N-ethyl adjacent to an activating group) is 1. The van der Waals surface area contributed by atoms with E-state index in [0.717, 1.165) is 13.1 Å². The quantitative estimate of drug-likeness (QED) is 0.698. The number of anilines is 1. The normalized spacial score (nSPS) is 17.1. The Hall–Kier alpha value is -2.48. The van der Waals surface area contributed by atoms with Gasteiger partial charge >= 0.3 is 0 Å². The summed E-state index contributed by atoms with van der Waals surface area (Å²) in [6.07, 6.45) is 0.665. The molecule has 1 aromatic carbocycles. The molecule has 0 unspecified atom stereocenters. The fourth-order valence-corrected chi connectivity index (χ4v) is 3.09. The van der Waals surface area contributed by atoms with Gasteiger partial charge in [-0.1, -0.05) is 19.9 Å². The Morgan fingerprint density at radius 1 is 1.26 bits per heavy atom. The summed E-state index contributed by atoms with van der Waals surface area (Å²) < 4.78 is 14.2. The fourth-order valence-electron chi connectivity index (χ4n) is 3.09. The highest BCUT2D eigenvalue weighted by Gasteiger charge is 2.32. The Balaban J connectivity index is 2.24. The maximum atomic E-state index is 14.2. The predicted molar refractivity (Wildman–Crippen MR) is 101 cm³/mol. The van der Waals surface area contributed by atoms with Crippen molar-refractivity contribution in [3.05, 3.63) is 29.6 Å². The minimum absolute atomic E-state index is 0.0699. The van der Waals surface area contributed by atoms with E-state index in [2.05, 4.69) is 15.5 Å². The van der Waals surface area contributed by atoms with Gasteiger partial charge in [-0.3, -0.25) is 14.4 Å². The van der Waals surface area contributed by atoms with Crippen LogP contribution in [0.5, 0.6) is 0 Å². The topological polar surface area (TPSA) is 81.8 Å². The molecule has 8 heteroatoms. The molecule has 3 amide bonds. The van der Waals surface area contributed by atoms with Crippen molar-refractivity contribution in [1.29, 1.82) is 0 Å². The third-order valence-electron chi connectivity index (χ3n) is 4.95. The predicted octanol–water partition coefficient (Wildman–Crippen LogP) is 1.17. The van der Waals surface area contributed by atoms with Crippen molar-refractivity contribution in [3.8, 4) is 0 Å². The van der Waals surface area contributed by atoms with Gasteiger partial charge in [-0.15, -0.1) is 0 Å². The van der Waals surface area contributed by atoms with E-state index in [1.54, 1.807) is 24.8 Å². The molecule has 0 aliphatic carbocycles. The van der Waals surface area contributed by atoms with E-state index in [1.165, 1.54) is 12.1 Å². The summed E-state index contributed by atoms with van der Waals surface area (Å²) in [5, 5.41) is 5.08. The Kier molecular flexibility index (Phi) is 7.29. The van der Waals surface area contributed by atoms with E-state index in [9.17, 15) is 18.8 Å². The van der Waals surface area contributed by atoms with Crippen LogP contribution in [-0.4, -0.2) is 67.3 Å². The van der Waals surface area contributed by atoms with Crippen LogP contribution in [0, 0.1) is 5.82 Å². The summed E-state index contributed by atoms with van der Waals surface area (Å²) in [6, 6.07) is 3.63. The van der Waals surface area contributed by atoms with Gasteiger partial charge in [0.1, 0.15) is 11.9 Å². The largest absolute Gasteiger partial charge is 0.344 e. The Morgan fingerprint density at radius 2 is 1.93 bits per heavy atom. The van der Waals surface area contributed by atoms with Crippen LogP contribution in [0.2, 0.25) is 0 Å². The van der Waals surface area contributed by atoms with Crippen LogP contribution in [0.1, 0.15) is 31.7 Å². The van der Waals surface area contributed by atoms with Crippen molar-refractivity contribution < 1.29 is 18.8 Å². The third-order valence-corrected chi connectivity index (χ3v) is 4.95. The lowest BCUT2D eigenvalue weighted by Gasteiger charge is -2.36. The second-order valence-electron chi connectivity index (χ2n) is 6.82. The summed E-state index contributed by atoms with van der Waals surface area (Å²) in [7, 11) is 2.00. The molecule has 1 saturated heterocycles. The first-order valence-electron chi connectivity index (χ1n) is 9.13. The third kappa shape index (κ3) is 5.26. The summed E-state index contributed by atoms with van der Waals surface area (Å²) in [5.41, 5.74) is 0.647. The average molecular weight is 378 g/mol. The van der Waals surface area contributed by atoms with Crippen molar-refractivity contribution in [3.63, 3.8) is 0 Å². The SMILES string of the molecule is CCC(=O)N[C@@H](C(=O)N1CCN(C)CC1)[C@@H](C)c1ccc(NC=O)c(F)c1. The van der Waals surface area contributed by atoms with Gasteiger partial charge in [0.2, 0.25) is 18.2 Å². The Morgan fingerprint density at radius 3 is 2.48 bits per heavy atom. The summed E-state index contributed by atoms with van der Waals surface area (Å²) >= 11 is 0. The number of carbonyl (C=O) groups excluding carboxylic acids is 3. The molecule has 1 aliphatic heterocycles. The lowest BCUT2D eigenvalue weighted by atomic mass is 9.91. The monoisotopic (exact) mass is 378 g/mol. The number of benzene rings is 1. The molecule has 7 nitrogen and oxygen atoms in total. The van der Waals surface area contributed by atoms with Crippen LogP contribution < -0.4 is 10.6 Å². The van der Waals surface area contributed by atoms with E-state index in [1.807, 2.05) is 7.05 Å². The van der Waals surface area contributed by atoms with Gasteiger partial charge in [-0.25, -0.2) is 4.39 Å². The highest BCUT2D eigenvalue weighted by Crippen LogP contribution is 2.25. The molecule has 2 rings (SSSR count). The number of nitrogens with zero attached hydrogens (tertiary/aromatic N) is 2. The van der Waals surface area contributed by atoms with Gasteiger partial charge in [0.15, 0.2) is 0 Å². The van der Waals surface area contributed by atoms with Crippen LogP contribution in [0.3, 0.4) is 0 Å². The Labute approximate surface area is 158 Å². The van der Waals surface area contributed by atoms with Crippen LogP contribution >= 0.6 is 0 Å². The maximum absolute atomic E-state index is 14.2. The smallest absolute Gasteiger partial charge is 0.245 e. The van der Waals surface area contributed by atoms with Gasteiger partial charge in [-0.05, 0) is 24.7 Å². The molecule has 0 saturated carbocycles. The van der Waals surface area contributed by atoms with Gasteiger partial charge in [-0.2, -0.15) is 0 Å². The number of piperazine rings is 1. The van der Waals surface area contributed by atoms with Gasteiger partial charge in [0, 0.05) is 38.5 Å². The number of hydrogen-bond donors (Lipinski definition) is 2. The second-order valence-corrected chi connectivity index (χ2v) is 6.82. The summed E-state index contributed by atoms with van der Waals surface area (Å²) in [4.78, 5) is 39.5. The molecule has 0 bridgehead atoms. The van der Waals surface area contributed by atoms with Crippen molar-refractivity contribution in [2.24, 2.45) is 0 Å². The molecule has 0 aromatic heterocycles. The number of halogens is 1. The molecule has 1 aromatic rings. The number of nitrogens with one attached hydrogen (secondary N) is 2. The molecule has 1 fully saturated rings. The van der Waals surface area contributed by atoms with Gasteiger partial charge in [0.05, 0.1) is 5.69 Å². The standard InChI is InChI=1S/C19H27FN4O3/c1-4-17(26)22-18(19(27)24-9-7-23(3)8-10-24)13(2)14-5-6-16(21-12-25)15(20)11-14/h5-6,11-13,18H,4,7-10H2,1-3H3,(H,21,25)(H,22,26)/t13-,18+/m0/s1.